The van der Waals surface area contributed by atoms with Crippen molar-refractivity contribution in [1.82, 2.24) is 5.32 Å². The predicted octanol–water partition coefficient (Wildman–Crippen LogP) is -1.97. The second-order valence-electron chi connectivity index (χ2n) is 3.32. The van der Waals surface area contributed by atoms with Gasteiger partial charge in [-0.05, 0) is 14.0 Å². The first-order chi connectivity index (χ1) is 5.49. The molecule has 0 amide bonds. The van der Waals surface area contributed by atoms with E-state index in [9.17, 15) is 10.2 Å². The first kappa shape index (κ1) is 9.88. The smallest absolute Gasteiger partial charge is 0.182 e. The molecule has 4 atom stereocenters. The molecule has 0 aromatic heterocycles. The fourth-order valence-corrected chi connectivity index (χ4v) is 1.46. The molecule has 0 saturated carbocycles. The van der Waals surface area contributed by atoms with E-state index in [4.69, 9.17) is 9.84 Å². The van der Waals surface area contributed by atoms with Crippen molar-refractivity contribution in [3.05, 3.63) is 0 Å². The zero-order valence-corrected chi connectivity index (χ0v) is 7.19. The Labute approximate surface area is 71.0 Å². The van der Waals surface area contributed by atoms with Crippen LogP contribution in [0.1, 0.15) is 6.92 Å². The fraction of sp³-hybridized carbons (Fsp3) is 1.00. The molecule has 72 valence electrons. The first-order valence-electron chi connectivity index (χ1n) is 3.86. The third kappa shape index (κ3) is 1.60. The van der Waals surface area contributed by atoms with Crippen LogP contribution in [0.25, 0.3) is 0 Å². The van der Waals surface area contributed by atoms with Crippen LogP contribution in [0.4, 0.5) is 0 Å². The quantitative estimate of drug-likeness (QED) is 0.374. The number of hydrogen-bond acceptors (Lipinski definition) is 5. The zero-order chi connectivity index (χ0) is 9.35. The van der Waals surface area contributed by atoms with Gasteiger partial charge in [-0.3, -0.25) is 0 Å². The van der Waals surface area contributed by atoms with Crippen LogP contribution in [0.3, 0.4) is 0 Å². The molecule has 1 saturated heterocycles. The largest absolute Gasteiger partial charge is 0.386 e. The molecule has 0 aromatic rings. The van der Waals surface area contributed by atoms with Crippen molar-refractivity contribution < 1.29 is 20.1 Å². The minimum atomic E-state index is -1.22. The molecule has 0 aromatic carbocycles. The van der Waals surface area contributed by atoms with Crippen LogP contribution >= 0.6 is 0 Å². The first-order valence-corrected chi connectivity index (χ1v) is 3.86. The standard InChI is InChI=1S/C7H15NO4/c1-7(11)3-12-6(10)4(9)5(7)8-2/h4-6,8-11H,3H2,1-2H3/t4-,5+,6-,7-/m1/s1. The molecule has 1 aliphatic heterocycles. The Kier molecular flexibility index (Phi) is 2.70. The molecule has 12 heavy (non-hydrogen) atoms. The summed E-state index contributed by atoms with van der Waals surface area (Å²) in [5.41, 5.74) is -1.15. The number of likely N-dealkylation sites (N-methyl/N-ethyl adjacent to an activating group) is 1. The molecular formula is C7H15NO4. The van der Waals surface area contributed by atoms with Gasteiger partial charge in [0.05, 0.1) is 12.6 Å². The zero-order valence-electron chi connectivity index (χ0n) is 7.19. The topological polar surface area (TPSA) is 82.0 Å². The Morgan fingerprint density at radius 1 is 1.50 bits per heavy atom. The van der Waals surface area contributed by atoms with Gasteiger partial charge in [0.1, 0.15) is 11.7 Å². The molecular weight excluding hydrogens is 162 g/mol. The second-order valence-corrected chi connectivity index (χ2v) is 3.32. The Bertz CT molecular complexity index is 161. The third-order valence-corrected chi connectivity index (χ3v) is 2.16. The van der Waals surface area contributed by atoms with Crippen LogP contribution in [-0.4, -0.2) is 53.0 Å². The molecule has 1 rings (SSSR count). The Hall–Kier alpha value is -0.200. The maximum Gasteiger partial charge on any atom is 0.182 e. The molecule has 0 spiro atoms. The minimum absolute atomic E-state index is 0.0106. The summed E-state index contributed by atoms with van der Waals surface area (Å²) in [7, 11) is 1.61. The van der Waals surface area contributed by atoms with Gasteiger partial charge in [0.15, 0.2) is 6.29 Å². The molecule has 1 fully saturated rings. The average molecular weight is 177 g/mol. The van der Waals surface area contributed by atoms with Crippen molar-refractivity contribution >= 4 is 0 Å². The normalized spacial score (nSPS) is 49.2. The summed E-state index contributed by atoms with van der Waals surface area (Å²) >= 11 is 0. The molecule has 0 unspecified atom stereocenters. The number of aliphatic hydroxyl groups excluding tert-OH is 2. The van der Waals surface area contributed by atoms with Crippen LogP contribution < -0.4 is 5.32 Å². The minimum Gasteiger partial charge on any atom is -0.386 e. The lowest BCUT2D eigenvalue weighted by atomic mass is 9.90. The van der Waals surface area contributed by atoms with Crippen molar-refractivity contribution in [2.24, 2.45) is 0 Å². The van der Waals surface area contributed by atoms with Gasteiger partial charge in [-0.2, -0.15) is 0 Å². The maximum atomic E-state index is 9.66. The van der Waals surface area contributed by atoms with E-state index in [-0.39, 0.29) is 6.61 Å². The summed E-state index contributed by atoms with van der Waals surface area (Å²) in [6.45, 7) is 1.56. The SMILES string of the molecule is CN[C@H]1[C@@H](O)[C@H](O)OC[C@@]1(C)O. The molecule has 0 bridgehead atoms. The van der Waals surface area contributed by atoms with Gasteiger partial charge in [-0.15, -0.1) is 0 Å². The number of aliphatic hydroxyl groups is 3. The van der Waals surface area contributed by atoms with Crippen LogP contribution in [-0.2, 0) is 4.74 Å². The summed E-state index contributed by atoms with van der Waals surface area (Å²) < 4.78 is 4.75. The lowest BCUT2D eigenvalue weighted by Crippen LogP contribution is -2.64. The summed E-state index contributed by atoms with van der Waals surface area (Å²) in [5.74, 6) is 0. The Balaban J connectivity index is 2.72. The number of ether oxygens (including phenoxy) is 1. The highest BCUT2D eigenvalue weighted by molar-refractivity contribution is 4.96. The van der Waals surface area contributed by atoms with Gasteiger partial charge in [-0.25, -0.2) is 0 Å². The number of hydrogen-bond donors (Lipinski definition) is 4. The van der Waals surface area contributed by atoms with E-state index < -0.39 is 24.0 Å². The molecule has 1 heterocycles. The number of nitrogens with one attached hydrogen (secondary N) is 1. The van der Waals surface area contributed by atoms with Crippen molar-refractivity contribution in [3.63, 3.8) is 0 Å². The number of rotatable bonds is 1. The van der Waals surface area contributed by atoms with E-state index in [2.05, 4.69) is 5.32 Å². The highest BCUT2D eigenvalue weighted by Crippen LogP contribution is 2.22. The van der Waals surface area contributed by atoms with Crippen LogP contribution in [0.2, 0.25) is 0 Å². The average Bonchev–Trinajstić information content (AvgIpc) is 1.99. The van der Waals surface area contributed by atoms with E-state index in [0.717, 1.165) is 0 Å². The summed E-state index contributed by atoms with van der Waals surface area (Å²) in [4.78, 5) is 0. The molecule has 1 aliphatic rings. The molecule has 5 nitrogen and oxygen atoms in total. The van der Waals surface area contributed by atoms with Crippen LogP contribution in [0.15, 0.2) is 0 Å². The lowest BCUT2D eigenvalue weighted by molar-refractivity contribution is -0.248. The van der Waals surface area contributed by atoms with Gasteiger partial charge in [0.25, 0.3) is 0 Å². The lowest BCUT2D eigenvalue weighted by Gasteiger charge is -2.42. The van der Waals surface area contributed by atoms with E-state index in [0.29, 0.717) is 0 Å². The van der Waals surface area contributed by atoms with Gasteiger partial charge >= 0.3 is 0 Å². The summed E-state index contributed by atoms with van der Waals surface area (Å²) in [6, 6.07) is -0.568. The van der Waals surface area contributed by atoms with Gasteiger partial charge in [0.2, 0.25) is 0 Å². The molecule has 0 aliphatic carbocycles. The highest BCUT2D eigenvalue weighted by Gasteiger charge is 2.44. The van der Waals surface area contributed by atoms with Crippen LogP contribution in [0, 0.1) is 0 Å². The Morgan fingerprint density at radius 2 is 2.08 bits per heavy atom. The highest BCUT2D eigenvalue weighted by atomic mass is 16.6. The Morgan fingerprint density at radius 3 is 2.50 bits per heavy atom. The molecule has 0 radical (unpaired) electrons. The fourth-order valence-electron chi connectivity index (χ4n) is 1.46. The second kappa shape index (κ2) is 3.27. The van der Waals surface area contributed by atoms with Crippen molar-refractivity contribution in [2.75, 3.05) is 13.7 Å². The van der Waals surface area contributed by atoms with Gasteiger partial charge < -0.3 is 25.4 Å². The van der Waals surface area contributed by atoms with E-state index in [1.54, 1.807) is 14.0 Å². The third-order valence-electron chi connectivity index (χ3n) is 2.16. The van der Waals surface area contributed by atoms with Crippen molar-refractivity contribution in [3.8, 4) is 0 Å². The molecule has 4 N–H and O–H groups in total. The summed E-state index contributed by atoms with van der Waals surface area (Å²) in [5, 5.41) is 30.9. The van der Waals surface area contributed by atoms with Crippen molar-refractivity contribution in [1.29, 1.82) is 0 Å². The van der Waals surface area contributed by atoms with Gasteiger partial charge in [0, 0.05) is 0 Å². The monoisotopic (exact) mass is 177 g/mol. The van der Waals surface area contributed by atoms with E-state index >= 15 is 0 Å². The van der Waals surface area contributed by atoms with Crippen molar-refractivity contribution in [2.45, 2.75) is 31.0 Å². The van der Waals surface area contributed by atoms with E-state index in [1.807, 2.05) is 0 Å². The van der Waals surface area contributed by atoms with Crippen LogP contribution in [0.5, 0.6) is 0 Å². The van der Waals surface area contributed by atoms with Gasteiger partial charge in [-0.1, -0.05) is 0 Å². The predicted molar refractivity (Wildman–Crippen MR) is 41.4 cm³/mol. The maximum absolute atomic E-state index is 9.66. The summed E-state index contributed by atoms with van der Waals surface area (Å²) in [6.07, 6.45) is -2.32. The van der Waals surface area contributed by atoms with E-state index in [1.165, 1.54) is 0 Å². The molecule has 5 heteroatoms.